The normalized spacial score (nSPS) is 22.1. The van der Waals surface area contributed by atoms with Crippen molar-refractivity contribution in [2.24, 2.45) is 0 Å². The predicted molar refractivity (Wildman–Crippen MR) is 54.7 cm³/mol. The molecule has 2 saturated heterocycles. The van der Waals surface area contributed by atoms with Crippen molar-refractivity contribution in [2.75, 3.05) is 52.4 Å². The SMILES string of the molecule is [Br-].[Br-].[NH3+]N1CCNCC1.[NH3+]N1CCNCC1. The summed E-state index contributed by atoms with van der Waals surface area (Å²) in [5, 5.41) is 10.6. The zero-order chi connectivity index (χ0) is 10.2. The minimum absolute atomic E-state index is 0. The van der Waals surface area contributed by atoms with Gasteiger partial charge in [0.2, 0.25) is 0 Å². The summed E-state index contributed by atoms with van der Waals surface area (Å²) < 4.78 is 0. The Hall–Kier alpha value is 0.720. The van der Waals surface area contributed by atoms with Gasteiger partial charge in [-0.15, -0.1) is 0 Å². The van der Waals surface area contributed by atoms with Crippen LogP contribution in [0, 0.1) is 0 Å². The zero-order valence-electron chi connectivity index (χ0n) is 9.72. The van der Waals surface area contributed by atoms with Crippen molar-refractivity contribution in [3.63, 3.8) is 0 Å². The van der Waals surface area contributed by atoms with Crippen LogP contribution in [0.4, 0.5) is 0 Å². The summed E-state index contributed by atoms with van der Waals surface area (Å²) in [5.41, 5.74) is 0. The Balaban J connectivity index is 0. The van der Waals surface area contributed by atoms with E-state index in [1.165, 1.54) is 0 Å². The van der Waals surface area contributed by atoms with E-state index in [1.54, 1.807) is 0 Å². The van der Waals surface area contributed by atoms with E-state index in [2.05, 4.69) is 32.3 Å². The van der Waals surface area contributed by atoms with Gasteiger partial charge >= 0.3 is 0 Å². The first-order valence-corrected chi connectivity index (χ1v) is 5.31. The number of rotatable bonds is 0. The first-order valence-electron chi connectivity index (χ1n) is 5.31. The van der Waals surface area contributed by atoms with Crippen LogP contribution in [0.15, 0.2) is 0 Å². The summed E-state index contributed by atoms with van der Waals surface area (Å²) in [6, 6.07) is 0. The Kier molecular flexibility index (Phi) is 14.5. The lowest BCUT2D eigenvalue weighted by molar-refractivity contribution is -0.576. The lowest BCUT2D eigenvalue weighted by Gasteiger charge is -2.18. The van der Waals surface area contributed by atoms with Gasteiger partial charge in [-0.05, 0) is 0 Å². The quantitative estimate of drug-likeness (QED) is 0.344. The highest BCUT2D eigenvalue weighted by molar-refractivity contribution is 4.58. The number of quaternary nitrogens is 2. The van der Waals surface area contributed by atoms with Crippen molar-refractivity contribution < 1.29 is 45.6 Å². The molecule has 2 aliphatic heterocycles. The molecule has 2 rings (SSSR count). The predicted octanol–water partition coefficient (Wildman–Crippen LogP) is -9.90. The molecular weight excluding hydrogens is 340 g/mol. The molecule has 0 radical (unpaired) electrons. The lowest BCUT2D eigenvalue weighted by Crippen LogP contribution is -3.00. The molecule has 0 spiro atoms. The van der Waals surface area contributed by atoms with Crippen molar-refractivity contribution in [2.45, 2.75) is 0 Å². The maximum atomic E-state index is 3.79. The van der Waals surface area contributed by atoms with Gasteiger partial charge in [-0.25, -0.2) is 0 Å². The second-order valence-corrected chi connectivity index (χ2v) is 3.74. The average Bonchev–Trinajstić information content (AvgIpc) is 2.21. The van der Waals surface area contributed by atoms with E-state index < -0.39 is 0 Å². The molecule has 0 aromatic heterocycles. The topological polar surface area (TPSA) is 85.8 Å². The molecule has 2 heterocycles. The Labute approximate surface area is 119 Å². The third-order valence-corrected chi connectivity index (χ3v) is 2.42. The van der Waals surface area contributed by atoms with Gasteiger partial charge in [0.25, 0.3) is 0 Å². The molecule has 0 aromatic carbocycles. The van der Waals surface area contributed by atoms with E-state index in [0.717, 1.165) is 52.4 Å². The molecule has 0 saturated carbocycles. The van der Waals surface area contributed by atoms with Crippen LogP contribution in [0.1, 0.15) is 0 Å². The molecule has 8 heteroatoms. The van der Waals surface area contributed by atoms with Crippen LogP contribution >= 0.6 is 0 Å². The fraction of sp³-hybridized carbons (Fsp3) is 1.00. The van der Waals surface area contributed by atoms with Gasteiger partial charge < -0.3 is 44.6 Å². The maximum absolute atomic E-state index is 3.79. The highest BCUT2D eigenvalue weighted by Crippen LogP contribution is 1.77. The van der Waals surface area contributed by atoms with Gasteiger partial charge in [0.15, 0.2) is 0 Å². The number of piperazine rings is 2. The smallest absolute Gasteiger partial charge is 0.0598 e. The maximum Gasteiger partial charge on any atom is 0.0598 e. The molecule has 0 unspecified atom stereocenters. The summed E-state index contributed by atoms with van der Waals surface area (Å²) in [6.45, 7) is 8.79. The van der Waals surface area contributed by atoms with Crippen LogP contribution in [0.2, 0.25) is 0 Å². The zero-order valence-corrected chi connectivity index (χ0v) is 12.9. The Morgan fingerprint density at radius 2 is 0.875 bits per heavy atom. The first kappa shape index (κ1) is 19.1. The standard InChI is InChI=1S/2C4H11N3.2BrH/c2*5-7-3-1-6-2-4-7;;/h2*6H,1-5H2;2*1H. The van der Waals surface area contributed by atoms with E-state index in [4.69, 9.17) is 0 Å². The van der Waals surface area contributed by atoms with Crippen LogP contribution in [-0.4, -0.2) is 62.4 Å². The number of hydrogen-bond donors (Lipinski definition) is 4. The fourth-order valence-corrected chi connectivity index (χ4v) is 1.42. The minimum atomic E-state index is 0. The van der Waals surface area contributed by atoms with Crippen LogP contribution < -0.4 is 56.3 Å². The number of hydrogen-bond acceptors (Lipinski definition) is 4. The molecule has 2 aliphatic rings. The molecule has 6 nitrogen and oxygen atoms in total. The average molecular weight is 364 g/mol. The van der Waals surface area contributed by atoms with E-state index in [-0.39, 0.29) is 34.0 Å². The molecule has 0 atom stereocenters. The van der Waals surface area contributed by atoms with Gasteiger partial charge in [-0.3, -0.25) is 11.7 Å². The van der Waals surface area contributed by atoms with Crippen molar-refractivity contribution >= 4 is 0 Å². The van der Waals surface area contributed by atoms with Crippen molar-refractivity contribution in [1.82, 2.24) is 20.7 Å². The van der Waals surface area contributed by atoms with Gasteiger partial charge in [0.05, 0.1) is 26.2 Å². The second-order valence-electron chi connectivity index (χ2n) is 3.74. The number of halogens is 2. The Morgan fingerprint density at radius 1 is 0.625 bits per heavy atom. The molecular formula is C8H24Br2N6. The third-order valence-electron chi connectivity index (χ3n) is 2.42. The molecule has 0 aliphatic carbocycles. The molecule has 8 N–H and O–H groups in total. The summed E-state index contributed by atoms with van der Waals surface area (Å²) in [6.07, 6.45) is 0. The molecule has 0 bridgehead atoms. The molecule has 2 fully saturated rings. The lowest BCUT2D eigenvalue weighted by atomic mass is 10.4. The van der Waals surface area contributed by atoms with Crippen LogP contribution in [0.5, 0.6) is 0 Å². The molecule has 16 heavy (non-hydrogen) atoms. The molecule has 100 valence electrons. The van der Waals surface area contributed by atoms with E-state index in [1.807, 2.05) is 0 Å². The summed E-state index contributed by atoms with van der Waals surface area (Å²) in [5.74, 6) is 7.58. The van der Waals surface area contributed by atoms with Gasteiger partial charge in [-0.2, -0.15) is 10.0 Å². The summed E-state index contributed by atoms with van der Waals surface area (Å²) >= 11 is 0. The van der Waals surface area contributed by atoms with Crippen LogP contribution in [-0.2, 0) is 0 Å². The first-order chi connectivity index (χ1) is 6.79. The van der Waals surface area contributed by atoms with Crippen molar-refractivity contribution in [3.8, 4) is 0 Å². The minimum Gasteiger partial charge on any atom is -1.00 e. The second kappa shape index (κ2) is 12.2. The summed E-state index contributed by atoms with van der Waals surface area (Å²) in [7, 11) is 0. The van der Waals surface area contributed by atoms with E-state index >= 15 is 0 Å². The van der Waals surface area contributed by atoms with Gasteiger partial charge in [0, 0.05) is 26.2 Å². The van der Waals surface area contributed by atoms with Crippen molar-refractivity contribution in [1.29, 1.82) is 0 Å². The Morgan fingerprint density at radius 3 is 1.00 bits per heavy atom. The van der Waals surface area contributed by atoms with E-state index in [0.29, 0.717) is 0 Å². The van der Waals surface area contributed by atoms with Crippen LogP contribution in [0.25, 0.3) is 0 Å². The number of nitrogens with one attached hydrogen (secondary N) is 2. The van der Waals surface area contributed by atoms with Gasteiger partial charge in [0.1, 0.15) is 0 Å². The monoisotopic (exact) mass is 362 g/mol. The highest BCUT2D eigenvalue weighted by Gasteiger charge is 2.05. The third kappa shape index (κ3) is 9.91. The molecule has 0 aromatic rings. The largest absolute Gasteiger partial charge is 1.00 e. The molecule has 0 amide bonds. The Bertz CT molecular complexity index is 122. The summed E-state index contributed by atoms with van der Waals surface area (Å²) in [4.78, 5) is 0. The van der Waals surface area contributed by atoms with Crippen LogP contribution in [0.3, 0.4) is 0 Å². The van der Waals surface area contributed by atoms with E-state index in [9.17, 15) is 0 Å². The van der Waals surface area contributed by atoms with Gasteiger partial charge in [-0.1, -0.05) is 0 Å². The van der Waals surface area contributed by atoms with Crippen molar-refractivity contribution in [3.05, 3.63) is 0 Å². The fourth-order valence-electron chi connectivity index (χ4n) is 1.42. The highest BCUT2D eigenvalue weighted by atomic mass is 79.9. The number of nitrogens with zero attached hydrogens (tertiary/aromatic N) is 2.